The summed E-state index contributed by atoms with van der Waals surface area (Å²) in [6.45, 7) is 1.09. The molecule has 2 N–H and O–H groups in total. The number of carbonyl (C=O) groups excluding carboxylic acids is 2. The van der Waals surface area contributed by atoms with Crippen molar-refractivity contribution in [1.29, 1.82) is 0 Å². The average molecular weight is 342 g/mol. The monoisotopic (exact) mass is 342 g/mol. The van der Waals surface area contributed by atoms with Crippen molar-refractivity contribution in [3.8, 4) is 0 Å². The van der Waals surface area contributed by atoms with Crippen LogP contribution in [-0.4, -0.2) is 35.6 Å². The molecule has 134 valence electrons. The molecule has 1 saturated heterocycles. The molecular weight excluding hydrogens is 316 g/mol. The summed E-state index contributed by atoms with van der Waals surface area (Å²) in [5.74, 6) is -0.0267. The van der Waals surface area contributed by atoms with Crippen LogP contribution in [0.25, 0.3) is 6.08 Å². The van der Waals surface area contributed by atoms with Gasteiger partial charge in [0.25, 0.3) is 0 Å². The van der Waals surface area contributed by atoms with Crippen LogP contribution in [0, 0.1) is 0 Å². The Hall–Kier alpha value is -2.14. The number of amides is 2. The van der Waals surface area contributed by atoms with Gasteiger partial charge in [0, 0.05) is 31.3 Å². The topological polar surface area (TPSA) is 69.6 Å². The Morgan fingerprint density at radius 3 is 2.52 bits per heavy atom. The zero-order valence-corrected chi connectivity index (χ0v) is 14.5. The normalized spacial score (nSPS) is 20.2. The van der Waals surface area contributed by atoms with Crippen LogP contribution >= 0.6 is 0 Å². The van der Waals surface area contributed by atoms with Gasteiger partial charge in [-0.3, -0.25) is 9.59 Å². The third kappa shape index (κ3) is 4.69. The third-order valence-electron chi connectivity index (χ3n) is 5.08. The molecule has 0 spiro atoms. The molecule has 0 bridgehead atoms. The lowest BCUT2D eigenvalue weighted by Gasteiger charge is -2.31. The minimum absolute atomic E-state index is 0.170. The lowest BCUT2D eigenvalue weighted by molar-refractivity contribution is -0.118. The lowest BCUT2D eigenvalue weighted by atomic mass is 9.85. The predicted molar refractivity (Wildman–Crippen MR) is 98.1 cm³/mol. The SMILES string of the molecule is O=C(C=Cc1ccc(N2CCCC2=O)cc1)NCC1(O)CCCCC1. The molecule has 25 heavy (non-hydrogen) atoms. The number of hydrogen-bond acceptors (Lipinski definition) is 3. The smallest absolute Gasteiger partial charge is 0.244 e. The molecule has 0 aromatic heterocycles. The highest BCUT2D eigenvalue weighted by molar-refractivity contribution is 5.95. The fourth-order valence-corrected chi connectivity index (χ4v) is 3.56. The van der Waals surface area contributed by atoms with E-state index in [1.807, 2.05) is 24.3 Å². The van der Waals surface area contributed by atoms with Gasteiger partial charge < -0.3 is 15.3 Å². The van der Waals surface area contributed by atoms with E-state index in [0.29, 0.717) is 13.0 Å². The van der Waals surface area contributed by atoms with Crippen molar-refractivity contribution in [2.45, 2.75) is 50.5 Å². The van der Waals surface area contributed by atoms with Crippen LogP contribution in [0.5, 0.6) is 0 Å². The summed E-state index contributed by atoms with van der Waals surface area (Å²) < 4.78 is 0. The second kappa shape index (κ2) is 7.83. The standard InChI is InChI=1S/C20H26N2O3/c23-18(21-15-20(25)12-2-1-3-13-20)11-8-16-6-9-17(10-7-16)22-14-4-5-19(22)24/h6-11,25H,1-5,12-15H2,(H,21,23). The van der Waals surface area contributed by atoms with Crippen molar-refractivity contribution in [3.05, 3.63) is 35.9 Å². The highest BCUT2D eigenvalue weighted by Crippen LogP contribution is 2.27. The molecule has 0 unspecified atom stereocenters. The van der Waals surface area contributed by atoms with Gasteiger partial charge in [-0.05, 0) is 43.0 Å². The molecule has 1 aliphatic heterocycles. The van der Waals surface area contributed by atoms with Gasteiger partial charge in [0.2, 0.25) is 11.8 Å². The summed E-state index contributed by atoms with van der Waals surface area (Å²) in [5.41, 5.74) is 1.07. The van der Waals surface area contributed by atoms with Gasteiger partial charge in [-0.15, -0.1) is 0 Å². The Labute approximate surface area is 148 Å². The number of aliphatic hydroxyl groups is 1. The molecule has 1 aliphatic carbocycles. The van der Waals surface area contributed by atoms with Crippen LogP contribution in [0.1, 0.15) is 50.5 Å². The molecule has 1 heterocycles. The molecular formula is C20H26N2O3. The number of anilines is 1. The number of carbonyl (C=O) groups is 2. The summed E-state index contributed by atoms with van der Waals surface area (Å²) >= 11 is 0. The van der Waals surface area contributed by atoms with Gasteiger partial charge in [0.1, 0.15) is 0 Å². The van der Waals surface area contributed by atoms with E-state index in [9.17, 15) is 14.7 Å². The predicted octanol–water partition coefficient (Wildman–Crippen LogP) is 2.64. The Kier molecular flexibility index (Phi) is 5.53. The van der Waals surface area contributed by atoms with Crippen molar-refractivity contribution in [3.63, 3.8) is 0 Å². The first-order valence-corrected chi connectivity index (χ1v) is 9.15. The third-order valence-corrected chi connectivity index (χ3v) is 5.08. The summed E-state index contributed by atoms with van der Waals surface area (Å²) in [6, 6.07) is 7.62. The van der Waals surface area contributed by atoms with Crippen LogP contribution in [0.15, 0.2) is 30.3 Å². The van der Waals surface area contributed by atoms with Gasteiger partial charge in [-0.1, -0.05) is 31.4 Å². The van der Waals surface area contributed by atoms with Gasteiger partial charge in [-0.25, -0.2) is 0 Å². The summed E-state index contributed by atoms with van der Waals surface area (Å²) in [6.07, 6.45) is 9.48. The fourth-order valence-electron chi connectivity index (χ4n) is 3.56. The van der Waals surface area contributed by atoms with Crippen LogP contribution in [0.2, 0.25) is 0 Å². The van der Waals surface area contributed by atoms with Crippen LogP contribution in [0.3, 0.4) is 0 Å². The maximum Gasteiger partial charge on any atom is 0.244 e. The Morgan fingerprint density at radius 1 is 1.16 bits per heavy atom. The largest absolute Gasteiger partial charge is 0.388 e. The maximum absolute atomic E-state index is 12.0. The van der Waals surface area contributed by atoms with Gasteiger partial charge in [-0.2, -0.15) is 0 Å². The Bertz CT molecular complexity index is 645. The Morgan fingerprint density at radius 2 is 1.88 bits per heavy atom. The van der Waals surface area contributed by atoms with Crippen molar-refractivity contribution in [1.82, 2.24) is 5.32 Å². The van der Waals surface area contributed by atoms with E-state index in [2.05, 4.69) is 5.32 Å². The van der Waals surface area contributed by atoms with Gasteiger partial charge in [0.15, 0.2) is 0 Å². The number of rotatable bonds is 5. The quantitative estimate of drug-likeness (QED) is 0.808. The number of nitrogens with zero attached hydrogens (tertiary/aromatic N) is 1. The van der Waals surface area contributed by atoms with Crippen molar-refractivity contribution in [2.24, 2.45) is 0 Å². The molecule has 2 aliphatic rings. The molecule has 1 aromatic carbocycles. The van der Waals surface area contributed by atoms with Crippen LogP contribution in [-0.2, 0) is 9.59 Å². The van der Waals surface area contributed by atoms with E-state index in [4.69, 9.17) is 0 Å². The van der Waals surface area contributed by atoms with Gasteiger partial charge >= 0.3 is 0 Å². The fraction of sp³-hybridized carbons (Fsp3) is 0.500. The molecule has 1 aromatic rings. The molecule has 0 atom stereocenters. The molecule has 5 nitrogen and oxygen atoms in total. The molecule has 1 saturated carbocycles. The zero-order valence-electron chi connectivity index (χ0n) is 14.5. The summed E-state index contributed by atoms with van der Waals surface area (Å²) in [4.78, 5) is 25.5. The molecule has 2 fully saturated rings. The summed E-state index contributed by atoms with van der Waals surface area (Å²) in [5, 5.41) is 13.2. The van der Waals surface area contributed by atoms with Crippen molar-refractivity contribution in [2.75, 3.05) is 18.0 Å². The zero-order chi connectivity index (χ0) is 17.7. The van der Waals surface area contributed by atoms with Gasteiger partial charge in [0.05, 0.1) is 5.60 Å². The molecule has 2 amide bonds. The first-order chi connectivity index (χ1) is 12.1. The van der Waals surface area contributed by atoms with E-state index in [0.717, 1.165) is 56.3 Å². The number of benzene rings is 1. The van der Waals surface area contributed by atoms with E-state index in [1.54, 1.807) is 11.0 Å². The van der Waals surface area contributed by atoms with Crippen LogP contribution in [0.4, 0.5) is 5.69 Å². The highest BCUT2D eigenvalue weighted by atomic mass is 16.3. The second-order valence-corrected chi connectivity index (χ2v) is 7.08. The minimum Gasteiger partial charge on any atom is -0.388 e. The van der Waals surface area contributed by atoms with E-state index in [-0.39, 0.29) is 11.8 Å². The second-order valence-electron chi connectivity index (χ2n) is 7.08. The first-order valence-electron chi connectivity index (χ1n) is 9.15. The summed E-state index contributed by atoms with van der Waals surface area (Å²) in [7, 11) is 0. The van der Waals surface area contributed by atoms with E-state index < -0.39 is 5.60 Å². The molecule has 0 radical (unpaired) electrons. The van der Waals surface area contributed by atoms with Crippen molar-refractivity contribution >= 4 is 23.6 Å². The average Bonchev–Trinajstić information content (AvgIpc) is 3.05. The molecule has 3 rings (SSSR count). The van der Waals surface area contributed by atoms with E-state index in [1.165, 1.54) is 6.08 Å². The minimum atomic E-state index is -0.744. The first kappa shape index (κ1) is 17.7. The number of hydrogen-bond donors (Lipinski definition) is 2. The maximum atomic E-state index is 12.0. The lowest BCUT2D eigenvalue weighted by Crippen LogP contribution is -2.43. The van der Waals surface area contributed by atoms with Crippen molar-refractivity contribution < 1.29 is 14.7 Å². The Balaban J connectivity index is 1.51. The van der Waals surface area contributed by atoms with Crippen LogP contribution < -0.4 is 10.2 Å². The van der Waals surface area contributed by atoms with E-state index >= 15 is 0 Å². The molecule has 5 heteroatoms. The number of nitrogens with one attached hydrogen (secondary N) is 1. The highest BCUT2D eigenvalue weighted by Gasteiger charge is 2.29.